The van der Waals surface area contributed by atoms with E-state index in [9.17, 15) is 0 Å². The van der Waals surface area contributed by atoms with Crippen molar-refractivity contribution < 1.29 is 4.42 Å². The summed E-state index contributed by atoms with van der Waals surface area (Å²) in [6.07, 6.45) is 7.81. The highest BCUT2D eigenvalue weighted by Gasteiger charge is 1.95. The lowest BCUT2D eigenvalue weighted by Crippen LogP contribution is -1.76. The first-order valence-electron chi connectivity index (χ1n) is 4.16. The van der Waals surface area contributed by atoms with Crippen molar-refractivity contribution in [3.05, 3.63) is 48.5 Å². The van der Waals surface area contributed by atoms with Crippen LogP contribution in [0, 0.1) is 6.92 Å². The fourth-order valence-electron chi connectivity index (χ4n) is 1.04. The normalized spacial score (nSPS) is 10.8. The lowest BCUT2D eigenvalue weighted by atomic mass is 10.2. The molecule has 1 aromatic rings. The molecule has 1 heteroatoms. The van der Waals surface area contributed by atoms with Gasteiger partial charge in [-0.3, -0.25) is 0 Å². The van der Waals surface area contributed by atoms with Crippen LogP contribution in [0.1, 0.15) is 17.9 Å². The fraction of sp³-hybridized carbons (Fsp3) is 0.273. The van der Waals surface area contributed by atoms with Crippen LogP contribution in [0.25, 0.3) is 0 Å². The van der Waals surface area contributed by atoms with Gasteiger partial charge in [-0.25, -0.2) is 0 Å². The molecule has 0 aromatic carbocycles. The first-order valence-corrected chi connectivity index (χ1v) is 4.16. The van der Waals surface area contributed by atoms with Gasteiger partial charge in [-0.15, -0.1) is 0 Å². The van der Waals surface area contributed by atoms with Crippen molar-refractivity contribution in [3.63, 3.8) is 0 Å². The minimum atomic E-state index is 0.970. The summed E-state index contributed by atoms with van der Waals surface area (Å²) in [6.45, 7) is 5.56. The van der Waals surface area contributed by atoms with E-state index in [4.69, 9.17) is 4.42 Å². The fourth-order valence-corrected chi connectivity index (χ4v) is 1.04. The van der Waals surface area contributed by atoms with E-state index in [2.05, 4.69) is 12.7 Å². The summed E-state index contributed by atoms with van der Waals surface area (Å²) in [7, 11) is 0. The number of allylic oxidation sites excluding steroid dienone is 3. The molecule has 0 amide bonds. The van der Waals surface area contributed by atoms with Crippen molar-refractivity contribution in [2.45, 2.75) is 19.8 Å². The third-order valence-corrected chi connectivity index (χ3v) is 1.63. The van der Waals surface area contributed by atoms with Gasteiger partial charge in [0.25, 0.3) is 0 Å². The van der Waals surface area contributed by atoms with E-state index in [0.717, 1.165) is 24.4 Å². The molecular formula is C11H14O. The zero-order valence-electron chi connectivity index (χ0n) is 7.42. The van der Waals surface area contributed by atoms with Crippen molar-refractivity contribution in [3.8, 4) is 0 Å². The van der Waals surface area contributed by atoms with Gasteiger partial charge in [-0.1, -0.05) is 24.8 Å². The molecule has 1 aromatic heterocycles. The van der Waals surface area contributed by atoms with E-state index < -0.39 is 0 Å². The monoisotopic (exact) mass is 162 g/mol. The first kappa shape index (κ1) is 8.85. The van der Waals surface area contributed by atoms with Crippen LogP contribution in [0.4, 0.5) is 0 Å². The van der Waals surface area contributed by atoms with Gasteiger partial charge in [-0.2, -0.15) is 0 Å². The average molecular weight is 162 g/mol. The molecule has 0 atom stereocenters. The molecule has 0 saturated heterocycles. The molecule has 0 saturated carbocycles. The minimum absolute atomic E-state index is 0.970. The summed E-state index contributed by atoms with van der Waals surface area (Å²) in [6, 6.07) is 4.02. The van der Waals surface area contributed by atoms with Crippen LogP contribution in [0.15, 0.2) is 41.4 Å². The Hall–Kier alpha value is -1.24. The van der Waals surface area contributed by atoms with Gasteiger partial charge < -0.3 is 4.42 Å². The third-order valence-electron chi connectivity index (χ3n) is 1.63. The molecule has 0 aliphatic heterocycles. The molecule has 1 nitrogen and oxygen atoms in total. The van der Waals surface area contributed by atoms with Gasteiger partial charge in [0, 0.05) is 6.42 Å². The maximum Gasteiger partial charge on any atom is 0.104 e. The summed E-state index contributed by atoms with van der Waals surface area (Å²) in [5.41, 5.74) is 0. The molecule has 64 valence electrons. The van der Waals surface area contributed by atoms with E-state index in [1.54, 1.807) is 6.08 Å². The van der Waals surface area contributed by atoms with Crippen molar-refractivity contribution in [1.29, 1.82) is 0 Å². The van der Waals surface area contributed by atoms with Crippen molar-refractivity contribution in [2.24, 2.45) is 0 Å². The van der Waals surface area contributed by atoms with Crippen LogP contribution in [0.3, 0.4) is 0 Å². The quantitative estimate of drug-likeness (QED) is 0.619. The molecule has 0 unspecified atom stereocenters. The standard InChI is InChI=1S/C11H14O/c1-3-4-5-6-7-11-9-8-10(2)12-11/h3-5,8-9H,1,6-7H2,2H3/b5-4+. The summed E-state index contributed by atoms with van der Waals surface area (Å²) in [4.78, 5) is 0. The minimum Gasteiger partial charge on any atom is -0.466 e. The molecular weight excluding hydrogens is 148 g/mol. The molecule has 0 fully saturated rings. The molecule has 0 radical (unpaired) electrons. The van der Waals surface area contributed by atoms with E-state index >= 15 is 0 Å². The second-order valence-electron chi connectivity index (χ2n) is 2.71. The maximum absolute atomic E-state index is 5.40. The number of aryl methyl sites for hydroxylation is 2. The van der Waals surface area contributed by atoms with E-state index in [1.807, 2.05) is 25.1 Å². The Balaban J connectivity index is 2.33. The zero-order valence-corrected chi connectivity index (χ0v) is 7.42. The predicted molar refractivity (Wildman–Crippen MR) is 51.1 cm³/mol. The summed E-state index contributed by atoms with van der Waals surface area (Å²) < 4.78 is 5.40. The number of hydrogen-bond acceptors (Lipinski definition) is 1. The highest BCUT2D eigenvalue weighted by atomic mass is 16.3. The second kappa shape index (κ2) is 4.60. The highest BCUT2D eigenvalue weighted by molar-refractivity contribution is 5.07. The predicted octanol–water partition coefficient (Wildman–Crippen LogP) is 3.26. The third kappa shape index (κ3) is 2.79. The Bertz CT molecular complexity index is 268. The SMILES string of the molecule is C=C/C=C/CCc1ccc(C)o1. The molecule has 0 aliphatic carbocycles. The number of rotatable bonds is 4. The topological polar surface area (TPSA) is 13.1 Å². The molecule has 0 bridgehead atoms. The van der Waals surface area contributed by atoms with E-state index in [0.29, 0.717) is 0 Å². The zero-order chi connectivity index (χ0) is 8.81. The van der Waals surface area contributed by atoms with Crippen LogP contribution in [-0.4, -0.2) is 0 Å². The van der Waals surface area contributed by atoms with Gasteiger partial charge in [0.1, 0.15) is 11.5 Å². The second-order valence-corrected chi connectivity index (χ2v) is 2.71. The van der Waals surface area contributed by atoms with Gasteiger partial charge >= 0.3 is 0 Å². The molecule has 0 N–H and O–H groups in total. The number of hydrogen-bond donors (Lipinski definition) is 0. The van der Waals surface area contributed by atoms with Crippen molar-refractivity contribution in [2.75, 3.05) is 0 Å². The Morgan fingerprint density at radius 2 is 2.33 bits per heavy atom. The first-order chi connectivity index (χ1) is 5.83. The van der Waals surface area contributed by atoms with Crippen LogP contribution < -0.4 is 0 Å². The van der Waals surface area contributed by atoms with Gasteiger partial charge in [0.05, 0.1) is 0 Å². The Labute approximate surface area is 73.4 Å². The van der Waals surface area contributed by atoms with Gasteiger partial charge in [0.2, 0.25) is 0 Å². The van der Waals surface area contributed by atoms with E-state index in [-0.39, 0.29) is 0 Å². The van der Waals surface area contributed by atoms with Crippen LogP contribution >= 0.6 is 0 Å². The Kier molecular flexibility index (Phi) is 3.39. The average Bonchev–Trinajstić information content (AvgIpc) is 2.45. The van der Waals surface area contributed by atoms with Crippen LogP contribution in [-0.2, 0) is 6.42 Å². The molecule has 12 heavy (non-hydrogen) atoms. The largest absolute Gasteiger partial charge is 0.466 e. The Morgan fingerprint density at radius 3 is 2.92 bits per heavy atom. The molecule has 1 heterocycles. The summed E-state index contributed by atoms with van der Waals surface area (Å²) in [5, 5.41) is 0. The van der Waals surface area contributed by atoms with Crippen LogP contribution in [0.2, 0.25) is 0 Å². The van der Waals surface area contributed by atoms with Crippen LogP contribution in [0.5, 0.6) is 0 Å². The number of furan rings is 1. The van der Waals surface area contributed by atoms with E-state index in [1.165, 1.54) is 0 Å². The highest BCUT2D eigenvalue weighted by Crippen LogP contribution is 2.08. The molecule has 1 rings (SSSR count). The van der Waals surface area contributed by atoms with Gasteiger partial charge in [0.15, 0.2) is 0 Å². The van der Waals surface area contributed by atoms with Crippen molar-refractivity contribution in [1.82, 2.24) is 0 Å². The summed E-state index contributed by atoms with van der Waals surface area (Å²) >= 11 is 0. The lowest BCUT2D eigenvalue weighted by Gasteiger charge is -1.90. The summed E-state index contributed by atoms with van der Waals surface area (Å²) in [5.74, 6) is 2.04. The smallest absolute Gasteiger partial charge is 0.104 e. The Morgan fingerprint density at radius 1 is 1.50 bits per heavy atom. The maximum atomic E-state index is 5.40. The van der Waals surface area contributed by atoms with Gasteiger partial charge in [-0.05, 0) is 25.5 Å². The molecule has 0 aliphatic rings. The molecule has 0 spiro atoms. The lowest BCUT2D eigenvalue weighted by molar-refractivity contribution is 0.484. The van der Waals surface area contributed by atoms with Crippen molar-refractivity contribution >= 4 is 0 Å².